The second-order valence-electron chi connectivity index (χ2n) is 4.77. The number of ketones is 1. The number of carbonyl (C=O) groups excluding carboxylic acids is 4. The summed E-state index contributed by atoms with van der Waals surface area (Å²) in [6.07, 6.45) is 0. The molecule has 112 valence electrons. The van der Waals surface area contributed by atoms with Gasteiger partial charge in [0.15, 0.2) is 11.4 Å². The molecule has 1 aromatic carbocycles. The van der Waals surface area contributed by atoms with Crippen molar-refractivity contribution in [3.05, 3.63) is 35.0 Å². The van der Waals surface area contributed by atoms with E-state index in [0.717, 1.165) is 10.5 Å². The summed E-state index contributed by atoms with van der Waals surface area (Å²) in [6, 6.07) is 4.83. The predicted octanol–water partition coefficient (Wildman–Crippen LogP) is 0.647. The molecule has 0 N–H and O–H groups in total. The summed E-state index contributed by atoms with van der Waals surface area (Å²) in [5.74, 6) is -3.81. The van der Waals surface area contributed by atoms with E-state index >= 15 is 0 Å². The van der Waals surface area contributed by atoms with Gasteiger partial charge in [0.25, 0.3) is 5.78 Å². The first kappa shape index (κ1) is 14.0. The van der Waals surface area contributed by atoms with Crippen LogP contribution in [0, 0.1) is 6.92 Å². The van der Waals surface area contributed by atoms with E-state index in [0.29, 0.717) is 0 Å². The number of ether oxygens (including phenoxy) is 2. The molecule has 3 rings (SSSR count). The summed E-state index contributed by atoms with van der Waals surface area (Å²) >= 11 is 0. The van der Waals surface area contributed by atoms with E-state index in [1.807, 2.05) is 0 Å². The summed E-state index contributed by atoms with van der Waals surface area (Å²) in [7, 11) is 0. The number of amides is 1. The number of Topliss-reactive ketones (excluding diaryl/α,β-unsaturated/α-hetero) is 1. The first-order valence-corrected chi connectivity index (χ1v) is 6.58. The van der Waals surface area contributed by atoms with Crippen molar-refractivity contribution < 1.29 is 28.7 Å². The fraction of sp³-hybridized carbons (Fsp3) is 0.200. The van der Waals surface area contributed by atoms with Gasteiger partial charge in [-0.15, -0.1) is 0 Å². The first-order valence-electron chi connectivity index (χ1n) is 6.58. The lowest BCUT2D eigenvalue weighted by Crippen LogP contribution is -2.36. The van der Waals surface area contributed by atoms with Gasteiger partial charge in [0.2, 0.25) is 0 Å². The van der Waals surface area contributed by atoms with Crippen LogP contribution in [0.2, 0.25) is 0 Å². The molecule has 7 heteroatoms. The molecule has 0 aromatic heterocycles. The fourth-order valence-electron chi connectivity index (χ4n) is 2.38. The summed E-state index contributed by atoms with van der Waals surface area (Å²) in [4.78, 5) is 49.1. The second-order valence-corrected chi connectivity index (χ2v) is 4.77. The van der Waals surface area contributed by atoms with Gasteiger partial charge in [0.05, 0.1) is 12.3 Å². The van der Waals surface area contributed by atoms with E-state index in [9.17, 15) is 19.2 Å². The van der Waals surface area contributed by atoms with E-state index in [4.69, 9.17) is 9.47 Å². The molecule has 0 saturated heterocycles. The number of benzene rings is 1. The number of rotatable bonds is 2. The average Bonchev–Trinajstić information content (AvgIpc) is 2.73. The monoisotopic (exact) mass is 301 g/mol. The molecule has 7 nitrogen and oxygen atoms in total. The molecule has 0 fully saturated rings. The van der Waals surface area contributed by atoms with Crippen LogP contribution in [0.3, 0.4) is 0 Å². The molecule has 1 amide bonds. The van der Waals surface area contributed by atoms with Gasteiger partial charge in [0.1, 0.15) is 5.57 Å². The zero-order chi connectivity index (χ0) is 16.0. The van der Waals surface area contributed by atoms with Gasteiger partial charge >= 0.3 is 17.8 Å². The molecule has 0 bridgehead atoms. The highest BCUT2D eigenvalue weighted by atomic mass is 16.5. The van der Waals surface area contributed by atoms with Crippen LogP contribution in [0.4, 0.5) is 5.69 Å². The summed E-state index contributed by atoms with van der Waals surface area (Å²) < 4.78 is 9.88. The van der Waals surface area contributed by atoms with Gasteiger partial charge < -0.3 is 9.47 Å². The Bertz CT molecular complexity index is 776. The maximum absolute atomic E-state index is 12.2. The van der Waals surface area contributed by atoms with Crippen LogP contribution in [0.5, 0.6) is 5.75 Å². The Morgan fingerprint density at radius 3 is 2.68 bits per heavy atom. The number of carbonyl (C=O) groups is 4. The summed E-state index contributed by atoms with van der Waals surface area (Å²) in [6.45, 7) is 3.36. The highest BCUT2D eigenvalue weighted by molar-refractivity contribution is 6.58. The van der Waals surface area contributed by atoms with Crippen molar-refractivity contribution in [3.8, 4) is 5.75 Å². The van der Waals surface area contributed by atoms with Crippen molar-refractivity contribution >= 4 is 29.3 Å². The van der Waals surface area contributed by atoms with Gasteiger partial charge in [-0.3, -0.25) is 14.5 Å². The highest BCUT2D eigenvalue weighted by Gasteiger charge is 2.50. The smallest absolute Gasteiger partial charge is 0.361 e. The molecule has 0 atom stereocenters. The Labute approximate surface area is 125 Å². The van der Waals surface area contributed by atoms with Crippen molar-refractivity contribution in [1.82, 2.24) is 0 Å². The van der Waals surface area contributed by atoms with Gasteiger partial charge in [-0.1, -0.05) is 6.07 Å². The van der Waals surface area contributed by atoms with Crippen molar-refractivity contribution in [3.63, 3.8) is 0 Å². The Morgan fingerprint density at radius 2 is 2.00 bits per heavy atom. The Kier molecular flexibility index (Phi) is 3.05. The van der Waals surface area contributed by atoms with E-state index in [-0.39, 0.29) is 23.7 Å². The zero-order valence-electron chi connectivity index (χ0n) is 11.8. The summed E-state index contributed by atoms with van der Waals surface area (Å²) in [5.41, 5.74) is 0.105. The minimum Gasteiger partial charge on any atom is -0.462 e. The van der Waals surface area contributed by atoms with E-state index < -0.39 is 29.2 Å². The van der Waals surface area contributed by atoms with E-state index in [1.54, 1.807) is 32.0 Å². The van der Waals surface area contributed by atoms with Gasteiger partial charge in [0, 0.05) is 0 Å². The molecule has 0 aliphatic carbocycles. The van der Waals surface area contributed by atoms with Crippen LogP contribution in [0.15, 0.2) is 29.5 Å². The third-order valence-electron chi connectivity index (χ3n) is 3.32. The third kappa shape index (κ3) is 1.82. The molecule has 0 spiro atoms. The van der Waals surface area contributed by atoms with E-state index in [2.05, 4.69) is 0 Å². The highest BCUT2D eigenvalue weighted by Crippen LogP contribution is 2.40. The molecule has 2 aliphatic heterocycles. The molecule has 1 aromatic rings. The van der Waals surface area contributed by atoms with Crippen LogP contribution < -0.4 is 9.64 Å². The maximum Gasteiger partial charge on any atom is 0.361 e. The molecule has 0 radical (unpaired) electrons. The zero-order valence-corrected chi connectivity index (χ0v) is 11.8. The molecule has 0 saturated carbocycles. The largest absolute Gasteiger partial charge is 0.462 e. The van der Waals surface area contributed by atoms with Crippen LogP contribution in [0.25, 0.3) is 0 Å². The van der Waals surface area contributed by atoms with Crippen molar-refractivity contribution in [2.24, 2.45) is 0 Å². The lowest BCUT2D eigenvalue weighted by atomic mass is 10.1. The van der Waals surface area contributed by atoms with Gasteiger partial charge in [-0.2, -0.15) is 0 Å². The fourth-order valence-corrected chi connectivity index (χ4v) is 2.38. The minimum absolute atomic E-state index is 0.0158. The normalized spacial score (nSPS) is 16.5. The Morgan fingerprint density at radius 1 is 1.27 bits per heavy atom. The average molecular weight is 301 g/mol. The maximum atomic E-state index is 12.2. The number of nitrogens with zero attached hydrogens (tertiary/aromatic N) is 1. The molecular weight excluding hydrogens is 290 g/mol. The van der Waals surface area contributed by atoms with Crippen LogP contribution in [-0.2, 0) is 23.9 Å². The second kappa shape index (κ2) is 4.80. The topological polar surface area (TPSA) is 90.0 Å². The first-order chi connectivity index (χ1) is 10.5. The lowest BCUT2D eigenvalue weighted by molar-refractivity contribution is -0.142. The van der Waals surface area contributed by atoms with Gasteiger partial charge in [-0.05, 0) is 31.5 Å². The number of fused-ring (bicyclic) bond motifs is 3. The molecule has 2 heterocycles. The van der Waals surface area contributed by atoms with Crippen LogP contribution in [-0.4, -0.2) is 30.2 Å². The summed E-state index contributed by atoms with van der Waals surface area (Å²) in [5, 5.41) is 0. The number of esters is 2. The SMILES string of the molecule is CCOC(=O)C1=C2C(=O)Oc3cc(C)ccc3N2C(=O)C1=O. The van der Waals surface area contributed by atoms with Crippen molar-refractivity contribution in [1.29, 1.82) is 0 Å². The Balaban J connectivity index is 2.21. The minimum atomic E-state index is -1.07. The van der Waals surface area contributed by atoms with Gasteiger partial charge in [-0.25, -0.2) is 9.59 Å². The van der Waals surface area contributed by atoms with Crippen LogP contribution in [0.1, 0.15) is 12.5 Å². The Hall–Kier alpha value is -2.96. The quantitative estimate of drug-likeness (QED) is 0.345. The number of aryl methyl sites for hydroxylation is 1. The standard InChI is InChI=1S/C15H11NO6/c1-3-21-14(19)10-11-15(20)22-9-6-7(2)4-5-8(9)16(11)13(18)12(10)17/h4-6H,3H2,1-2H3. The lowest BCUT2D eigenvalue weighted by Gasteiger charge is -2.26. The molecule has 0 unspecified atom stereocenters. The number of hydrogen-bond donors (Lipinski definition) is 0. The van der Waals surface area contributed by atoms with E-state index in [1.165, 1.54) is 0 Å². The third-order valence-corrected chi connectivity index (χ3v) is 3.32. The molecule has 22 heavy (non-hydrogen) atoms. The van der Waals surface area contributed by atoms with Crippen molar-refractivity contribution in [2.45, 2.75) is 13.8 Å². The number of anilines is 1. The molecular formula is C15H11NO6. The predicted molar refractivity (Wildman–Crippen MR) is 73.0 cm³/mol. The van der Waals surface area contributed by atoms with Crippen LogP contribution >= 0.6 is 0 Å². The number of hydrogen-bond acceptors (Lipinski definition) is 6. The van der Waals surface area contributed by atoms with Crippen molar-refractivity contribution in [2.75, 3.05) is 11.5 Å². The molecule has 2 aliphatic rings.